The van der Waals surface area contributed by atoms with Crippen LogP contribution in [0, 0.1) is 18.3 Å². The van der Waals surface area contributed by atoms with E-state index in [1.54, 1.807) is 0 Å². The van der Waals surface area contributed by atoms with Crippen LogP contribution in [-0.2, 0) is 6.54 Å². The monoisotopic (exact) mass is 258 g/mol. The molecule has 1 saturated heterocycles. The highest BCUT2D eigenvalue weighted by Crippen LogP contribution is 2.11. The molecule has 2 rings (SSSR count). The molecule has 0 aromatic carbocycles. The van der Waals surface area contributed by atoms with E-state index in [1.807, 2.05) is 13.0 Å². The van der Waals surface area contributed by atoms with Crippen LogP contribution in [0.3, 0.4) is 0 Å². The molecule has 0 bridgehead atoms. The Bertz CT molecular complexity index is 444. The van der Waals surface area contributed by atoms with E-state index in [-0.39, 0.29) is 6.04 Å². The summed E-state index contributed by atoms with van der Waals surface area (Å²) >= 11 is 0. The van der Waals surface area contributed by atoms with E-state index in [9.17, 15) is 0 Å². The molecule has 4 nitrogen and oxygen atoms in total. The third-order valence-electron chi connectivity index (χ3n) is 3.71. The zero-order valence-electron chi connectivity index (χ0n) is 11.8. The first-order valence-corrected chi connectivity index (χ1v) is 7.01. The van der Waals surface area contributed by atoms with E-state index in [0.29, 0.717) is 0 Å². The molecule has 2 heterocycles. The molecule has 0 aliphatic carbocycles. The van der Waals surface area contributed by atoms with E-state index < -0.39 is 0 Å². The van der Waals surface area contributed by atoms with Crippen molar-refractivity contribution in [2.45, 2.75) is 32.9 Å². The molecule has 1 fully saturated rings. The number of pyridine rings is 1. The van der Waals surface area contributed by atoms with Gasteiger partial charge in [-0.2, -0.15) is 5.26 Å². The number of nitriles is 1. The van der Waals surface area contributed by atoms with Crippen LogP contribution >= 0.6 is 0 Å². The first-order valence-electron chi connectivity index (χ1n) is 7.01. The smallest absolute Gasteiger partial charge is 0.0976 e. The zero-order valence-corrected chi connectivity index (χ0v) is 11.8. The summed E-state index contributed by atoms with van der Waals surface area (Å²) in [5.74, 6) is 0. The predicted octanol–water partition coefficient (Wildman–Crippen LogP) is 1.81. The Labute approximate surface area is 115 Å². The maximum atomic E-state index is 9.09. The third-order valence-corrected chi connectivity index (χ3v) is 3.71. The molecule has 1 aromatic heterocycles. The van der Waals surface area contributed by atoms with Gasteiger partial charge in [0.2, 0.25) is 0 Å². The van der Waals surface area contributed by atoms with Crippen molar-refractivity contribution in [2.24, 2.45) is 0 Å². The summed E-state index contributed by atoms with van der Waals surface area (Å²) in [7, 11) is 0. The maximum Gasteiger partial charge on any atom is 0.0976 e. The van der Waals surface area contributed by atoms with Crippen LogP contribution in [0.1, 0.15) is 24.7 Å². The first-order chi connectivity index (χ1) is 9.22. The lowest BCUT2D eigenvalue weighted by atomic mass is 10.2. The van der Waals surface area contributed by atoms with Gasteiger partial charge in [0.15, 0.2) is 0 Å². The Morgan fingerprint density at radius 1 is 1.32 bits per heavy atom. The lowest BCUT2D eigenvalue weighted by Crippen LogP contribution is -2.49. The van der Waals surface area contributed by atoms with Crippen LogP contribution in [0.15, 0.2) is 18.2 Å². The number of hydrogen-bond donors (Lipinski definition) is 0. The van der Waals surface area contributed by atoms with Crippen molar-refractivity contribution in [2.75, 3.05) is 26.2 Å². The molecule has 0 amide bonds. The summed E-state index contributed by atoms with van der Waals surface area (Å²) < 4.78 is 0. The van der Waals surface area contributed by atoms with Crippen LogP contribution in [0.2, 0.25) is 0 Å². The molecule has 4 heteroatoms. The van der Waals surface area contributed by atoms with Crippen molar-refractivity contribution in [1.29, 1.82) is 5.26 Å². The minimum atomic E-state index is 0.0826. The number of piperazine rings is 1. The Morgan fingerprint density at radius 2 is 2.05 bits per heavy atom. The average molecular weight is 258 g/mol. The fourth-order valence-electron chi connectivity index (χ4n) is 2.58. The van der Waals surface area contributed by atoms with Crippen molar-refractivity contribution < 1.29 is 0 Å². The fraction of sp³-hybridized carbons (Fsp3) is 0.600. The molecule has 0 saturated carbocycles. The highest BCUT2D eigenvalue weighted by Gasteiger charge is 2.22. The third kappa shape index (κ3) is 3.76. The maximum absolute atomic E-state index is 9.09. The molecule has 0 N–H and O–H groups in total. The van der Waals surface area contributed by atoms with Gasteiger partial charge < -0.3 is 0 Å². The number of rotatable bonds is 4. The second-order valence-corrected chi connectivity index (χ2v) is 5.14. The van der Waals surface area contributed by atoms with Crippen LogP contribution in [0.4, 0.5) is 0 Å². The Kier molecular flexibility index (Phi) is 4.89. The van der Waals surface area contributed by atoms with Gasteiger partial charge in [-0.1, -0.05) is 13.0 Å². The SMILES string of the molecule is CCC(C#N)N1CCN(Cc2cccc(C)n2)CC1. The van der Waals surface area contributed by atoms with Gasteiger partial charge in [0.25, 0.3) is 0 Å². The van der Waals surface area contributed by atoms with Crippen LogP contribution < -0.4 is 0 Å². The quantitative estimate of drug-likeness (QED) is 0.826. The zero-order chi connectivity index (χ0) is 13.7. The molecule has 19 heavy (non-hydrogen) atoms. The Balaban J connectivity index is 1.85. The molecule has 1 aromatic rings. The van der Waals surface area contributed by atoms with E-state index in [4.69, 9.17) is 5.26 Å². The molecular weight excluding hydrogens is 236 g/mol. The number of aromatic nitrogens is 1. The molecular formula is C15H22N4. The lowest BCUT2D eigenvalue weighted by molar-refractivity contribution is 0.107. The highest BCUT2D eigenvalue weighted by molar-refractivity contribution is 5.10. The first kappa shape index (κ1) is 14.0. The van der Waals surface area contributed by atoms with Gasteiger partial charge in [-0.15, -0.1) is 0 Å². The minimum Gasteiger partial charge on any atom is -0.295 e. The Hall–Kier alpha value is -1.44. The summed E-state index contributed by atoms with van der Waals surface area (Å²) in [6.45, 7) is 9.04. The highest BCUT2D eigenvalue weighted by atomic mass is 15.3. The molecule has 0 radical (unpaired) electrons. The topological polar surface area (TPSA) is 43.2 Å². The Morgan fingerprint density at radius 3 is 2.63 bits per heavy atom. The van der Waals surface area contributed by atoms with Crippen molar-refractivity contribution in [3.8, 4) is 6.07 Å². The summed E-state index contributed by atoms with van der Waals surface area (Å²) in [6, 6.07) is 8.65. The van der Waals surface area contributed by atoms with E-state index >= 15 is 0 Å². The fourth-order valence-corrected chi connectivity index (χ4v) is 2.58. The van der Waals surface area contributed by atoms with Gasteiger partial charge in [0.1, 0.15) is 0 Å². The normalized spacial score (nSPS) is 19.0. The average Bonchev–Trinajstić information content (AvgIpc) is 2.42. The molecule has 0 spiro atoms. The molecule has 1 unspecified atom stereocenters. The van der Waals surface area contributed by atoms with Gasteiger partial charge in [-0.05, 0) is 25.5 Å². The standard InChI is InChI=1S/C15H22N4/c1-3-15(11-16)19-9-7-18(8-10-19)12-14-6-4-5-13(2)17-14/h4-6,15H,3,7-10,12H2,1-2H3. The minimum absolute atomic E-state index is 0.0826. The van der Waals surface area contributed by atoms with E-state index in [1.165, 1.54) is 0 Å². The molecule has 102 valence electrons. The van der Waals surface area contributed by atoms with Gasteiger partial charge in [0.05, 0.1) is 17.8 Å². The van der Waals surface area contributed by atoms with Crippen LogP contribution in [-0.4, -0.2) is 47.0 Å². The summed E-state index contributed by atoms with van der Waals surface area (Å²) in [5.41, 5.74) is 2.22. The number of hydrogen-bond acceptors (Lipinski definition) is 4. The van der Waals surface area contributed by atoms with Gasteiger partial charge in [-0.25, -0.2) is 0 Å². The number of aryl methyl sites for hydroxylation is 1. The number of nitrogens with zero attached hydrogens (tertiary/aromatic N) is 4. The second kappa shape index (κ2) is 6.65. The van der Waals surface area contributed by atoms with Crippen LogP contribution in [0.5, 0.6) is 0 Å². The largest absolute Gasteiger partial charge is 0.295 e. The molecule has 1 aliphatic rings. The van der Waals surface area contributed by atoms with Gasteiger partial charge in [-0.3, -0.25) is 14.8 Å². The van der Waals surface area contributed by atoms with Crippen LogP contribution in [0.25, 0.3) is 0 Å². The van der Waals surface area contributed by atoms with Crippen molar-refractivity contribution in [3.05, 3.63) is 29.6 Å². The van der Waals surface area contributed by atoms with Crippen molar-refractivity contribution in [3.63, 3.8) is 0 Å². The molecule has 1 atom stereocenters. The lowest BCUT2D eigenvalue weighted by Gasteiger charge is -2.36. The predicted molar refractivity (Wildman–Crippen MR) is 75.5 cm³/mol. The summed E-state index contributed by atoms with van der Waals surface area (Å²) in [5, 5.41) is 9.09. The van der Waals surface area contributed by atoms with Gasteiger partial charge >= 0.3 is 0 Å². The summed E-state index contributed by atoms with van der Waals surface area (Å²) in [6.07, 6.45) is 0.913. The van der Waals surface area contributed by atoms with Crippen molar-refractivity contribution >= 4 is 0 Å². The van der Waals surface area contributed by atoms with Gasteiger partial charge in [0, 0.05) is 38.4 Å². The van der Waals surface area contributed by atoms with E-state index in [0.717, 1.165) is 50.5 Å². The summed E-state index contributed by atoms with van der Waals surface area (Å²) in [4.78, 5) is 9.26. The van der Waals surface area contributed by atoms with E-state index in [2.05, 4.69) is 39.9 Å². The van der Waals surface area contributed by atoms with Crippen molar-refractivity contribution in [1.82, 2.24) is 14.8 Å². The second-order valence-electron chi connectivity index (χ2n) is 5.14. The molecule has 1 aliphatic heterocycles.